The summed E-state index contributed by atoms with van der Waals surface area (Å²) in [6.07, 6.45) is 3.59. The van der Waals surface area contributed by atoms with Crippen LogP contribution < -0.4 is 0 Å². The van der Waals surface area contributed by atoms with Crippen molar-refractivity contribution in [2.45, 2.75) is 19.2 Å². The molecule has 138 valence electrons. The van der Waals surface area contributed by atoms with Gasteiger partial charge >= 0.3 is 0 Å². The highest BCUT2D eigenvalue weighted by Crippen LogP contribution is 2.37. The first-order valence-corrected chi connectivity index (χ1v) is 10.2. The lowest BCUT2D eigenvalue weighted by atomic mass is 10.2. The summed E-state index contributed by atoms with van der Waals surface area (Å²) >= 11 is 3.23. The molecule has 0 bridgehead atoms. The van der Waals surface area contributed by atoms with Gasteiger partial charge in [0.25, 0.3) is 0 Å². The fourth-order valence-electron chi connectivity index (χ4n) is 3.34. The Bertz CT molecular complexity index is 1140. The van der Waals surface area contributed by atoms with Crippen LogP contribution >= 0.6 is 22.7 Å². The molecule has 0 fully saturated rings. The van der Waals surface area contributed by atoms with Crippen LogP contribution in [0.1, 0.15) is 33.9 Å². The summed E-state index contributed by atoms with van der Waals surface area (Å²) in [7, 11) is 3.81. The molecule has 1 unspecified atom stereocenters. The number of aliphatic hydroxyl groups is 1. The van der Waals surface area contributed by atoms with E-state index in [1.807, 2.05) is 48.0 Å². The Morgan fingerprint density at radius 3 is 2.89 bits per heavy atom. The number of nitrogens with zero attached hydrogens (tertiary/aromatic N) is 7. The molecule has 4 aromatic rings. The molecule has 0 aromatic carbocycles. The van der Waals surface area contributed by atoms with Gasteiger partial charge in [0.2, 0.25) is 0 Å². The first-order valence-electron chi connectivity index (χ1n) is 8.42. The topological polar surface area (TPSA) is 84.4 Å². The lowest BCUT2D eigenvalue weighted by molar-refractivity contribution is -0.0108. The molecule has 0 radical (unpaired) electrons. The Labute approximate surface area is 163 Å². The van der Waals surface area contributed by atoms with Crippen LogP contribution in [0.25, 0.3) is 10.3 Å². The first kappa shape index (κ1) is 16.6. The number of rotatable bonds is 4. The van der Waals surface area contributed by atoms with Gasteiger partial charge in [-0.3, -0.25) is 9.69 Å². The van der Waals surface area contributed by atoms with Gasteiger partial charge in [-0.25, -0.2) is 9.97 Å². The van der Waals surface area contributed by atoms with E-state index in [4.69, 9.17) is 4.98 Å². The summed E-state index contributed by atoms with van der Waals surface area (Å²) in [5, 5.41) is 24.4. The molecule has 0 aliphatic carbocycles. The molecular formula is C17H17N7OS2. The molecule has 1 N–H and O–H groups in total. The second kappa shape index (κ2) is 6.25. The van der Waals surface area contributed by atoms with Gasteiger partial charge in [-0.2, -0.15) is 10.2 Å². The second-order valence-electron chi connectivity index (χ2n) is 6.47. The predicted molar refractivity (Wildman–Crippen MR) is 105 cm³/mol. The van der Waals surface area contributed by atoms with Crippen molar-refractivity contribution in [2.75, 3.05) is 0 Å². The molecule has 8 nitrogen and oxygen atoms in total. The Hall–Kier alpha value is -2.56. The average Bonchev–Trinajstić information content (AvgIpc) is 3.40. The highest BCUT2D eigenvalue weighted by atomic mass is 32.1. The van der Waals surface area contributed by atoms with Gasteiger partial charge in [0.15, 0.2) is 11.9 Å². The van der Waals surface area contributed by atoms with E-state index < -0.39 is 6.23 Å². The zero-order valence-corrected chi connectivity index (χ0v) is 16.4. The molecule has 1 aliphatic heterocycles. The summed E-state index contributed by atoms with van der Waals surface area (Å²) in [6.45, 7) is 0.444. The van der Waals surface area contributed by atoms with Gasteiger partial charge < -0.3 is 9.67 Å². The number of hydrazone groups is 1. The third-order valence-corrected chi connectivity index (χ3v) is 6.34. The summed E-state index contributed by atoms with van der Waals surface area (Å²) in [4.78, 5) is 9.12. The van der Waals surface area contributed by atoms with Gasteiger partial charge in [0, 0.05) is 37.7 Å². The Morgan fingerprint density at radius 2 is 2.15 bits per heavy atom. The molecule has 5 heterocycles. The number of hydrogen-bond donors (Lipinski definition) is 1. The quantitative estimate of drug-likeness (QED) is 0.569. The lowest BCUT2D eigenvalue weighted by Gasteiger charge is -2.28. The number of aliphatic hydroxyl groups excluding tert-OH is 1. The van der Waals surface area contributed by atoms with Crippen molar-refractivity contribution in [3.63, 3.8) is 0 Å². The largest absolute Gasteiger partial charge is 0.367 e. The van der Waals surface area contributed by atoms with E-state index in [-0.39, 0.29) is 0 Å². The SMILES string of the molecule is Cn1ccc(CN2N=Cc3c(n(C)c4nc(Cc5cscn5)sc34)C2O)n1. The molecule has 0 spiro atoms. The van der Waals surface area contributed by atoms with Gasteiger partial charge in [-0.05, 0) is 6.07 Å². The Balaban J connectivity index is 1.48. The van der Waals surface area contributed by atoms with Crippen LogP contribution in [0, 0.1) is 0 Å². The van der Waals surface area contributed by atoms with Crippen LogP contribution in [-0.2, 0) is 27.1 Å². The van der Waals surface area contributed by atoms with Crippen LogP contribution in [0.15, 0.2) is 28.3 Å². The number of aromatic nitrogens is 5. The maximum atomic E-state index is 10.9. The Morgan fingerprint density at radius 1 is 1.26 bits per heavy atom. The zero-order chi connectivity index (χ0) is 18.5. The minimum absolute atomic E-state index is 0.444. The molecule has 27 heavy (non-hydrogen) atoms. The summed E-state index contributed by atoms with van der Waals surface area (Å²) in [6, 6.07) is 1.92. The molecule has 0 saturated carbocycles. The third kappa shape index (κ3) is 2.76. The van der Waals surface area contributed by atoms with Gasteiger partial charge in [-0.1, -0.05) is 0 Å². The summed E-state index contributed by atoms with van der Waals surface area (Å²) in [5.41, 5.74) is 6.36. The fourth-order valence-corrected chi connectivity index (χ4v) is 5.03. The molecular weight excluding hydrogens is 382 g/mol. The molecule has 5 rings (SSSR count). The van der Waals surface area contributed by atoms with E-state index in [1.54, 1.807) is 32.4 Å². The van der Waals surface area contributed by atoms with E-state index in [1.165, 1.54) is 0 Å². The molecule has 0 amide bonds. The second-order valence-corrected chi connectivity index (χ2v) is 8.27. The summed E-state index contributed by atoms with van der Waals surface area (Å²) in [5.74, 6) is 0. The van der Waals surface area contributed by atoms with Gasteiger partial charge in [0.1, 0.15) is 5.01 Å². The summed E-state index contributed by atoms with van der Waals surface area (Å²) < 4.78 is 4.76. The number of aryl methyl sites for hydroxylation is 2. The molecule has 1 aliphatic rings. The number of hydrogen-bond acceptors (Lipinski definition) is 8. The van der Waals surface area contributed by atoms with Crippen molar-refractivity contribution >= 4 is 39.2 Å². The lowest BCUT2D eigenvalue weighted by Crippen LogP contribution is -2.29. The van der Waals surface area contributed by atoms with E-state index in [0.717, 1.165) is 44.4 Å². The van der Waals surface area contributed by atoms with Crippen molar-refractivity contribution < 1.29 is 5.11 Å². The van der Waals surface area contributed by atoms with Crippen LogP contribution in [0.5, 0.6) is 0 Å². The number of thiazole rings is 2. The highest BCUT2D eigenvalue weighted by molar-refractivity contribution is 7.19. The maximum Gasteiger partial charge on any atom is 0.184 e. The molecule has 4 aromatic heterocycles. The van der Waals surface area contributed by atoms with Crippen LogP contribution in [0.2, 0.25) is 0 Å². The molecule has 0 saturated heterocycles. The first-order chi connectivity index (χ1) is 13.1. The number of fused-ring (bicyclic) bond motifs is 3. The monoisotopic (exact) mass is 399 g/mol. The van der Waals surface area contributed by atoms with Gasteiger partial charge in [0.05, 0.1) is 40.1 Å². The van der Waals surface area contributed by atoms with E-state index >= 15 is 0 Å². The van der Waals surface area contributed by atoms with Crippen molar-refractivity contribution in [1.82, 2.24) is 29.3 Å². The van der Waals surface area contributed by atoms with E-state index in [2.05, 4.69) is 15.2 Å². The third-order valence-electron chi connectivity index (χ3n) is 4.62. The average molecular weight is 400 g/mol. The van der Waals surface area contributed by atoms with E-state index in [0.29, 0.717) is 6.54 Å². The minimum Gasteiger partial charge on any atom is -0.367 e. The zero-order valence-electron chi connectivity index (χ0n) is 14.8. The molecule has 1 atom stereocenters. The Kier molecular flexibility index (Phi) is 3.85. The van der Waals surface area contributed by atoms with Gasteiger partial charge in [-0.15, -0.1) is 22.7 Å². The van der Waals surface area contributed by atoms with E-state index in [9.17, 15) is 5.11 Å². The van der Waals surface area contributed by atoms with Crippen LogP contribution in [0.4, 0.5) is 0 Å². The van der Waals surface area contributed by atoms with Crippen molar-refractivity contribution in [2.24, 2.45) is 19.2 Å². The van der Waals surface area contributed by atoms with Crippen LogP contribution in [-0.4, -0.2) is 40.6 Å². The highest BCUT2D eigenvalue weighted by Gasteiger charge is 2.30. The van der Waals surface area contributed by atoms with Crippen molar-refractivity contribution in [3.8, 4) is 0 Å². The minimum atomic E-state index is -0.833. The van der Waals surface area contributed by atoms with Crippen LogP contribution in [0.3, 0.4) is 0 Å². The standard InChI is InChI=1S/C17H17N7OS2/c1-22-4-3-10(21-22)7-24-17(25)14-12(6-19-24)15-16(23(14)2)20-13(27-15)5-11-8-26-9-18-11/h3-4,6,8-9,17,25H,5,7H2,1-2H3. The predicted octanol–water partition coefficient (Wildman–Crippen LogP) is 2.26. The van der Waals surface area contributed by atoms with Crippen molar-refractivity contribution in [3.05, 3.63) is 50.8 Å². The normalized spacial score (nSPS) is 16.4. The maximum absolute atomic E-state index is 10.9. The van der Waals surface area contributed by atoms with Crippen molar-refractivity contribution in [1.29, 1.82) is 0 Å². The molecule has 10 heteroatoms. The fraction of sp³-hybridized carbons (Fsp3) is 0.294. The smallest absolute Gasteiger partial charge is 0.184 e.